The summed E-state index contributed by atoms with van der Waals surface area (Å²) in [7, 11) is 0. The van der Waals surface area contributed by atoms with Crippen molar-refractivity contribution in [1.29, 1.82) is 0 Å². The minimum atomic E-state index is -1.18. The van der Waals surface area contributed by atoms with Crippen molar-refractivity contribution in [3.8, 4) is 0 Å². The van der Waals surface area contributed by atoms with E-state index in [0.717, 1.165) is 0 Å². The van der Waals surface area contributed by atoms with Crippen LogP contribution in [0.15, 0.2) is 0 Å². The molecule has 14 heavy (non-hydrogen) atoms. The highest BCUT2D eigenvalue weighted by atomic mass is 16.6. The largest absolute Gasteiger partial charge is 0.394 e. The summed E-state index contributed by atoms with van der Waals surface area (Å²) in [5.74, 6) is -0.299. The third-order valence-electron chi connectivity index (χ3n) is 2.15. The number of carbonyl (C=O) groups is 1. The van der Waals surface area contributed by atoms with Crippen LogP contribution >= 0.6 is 0 Å². The topological polar surface area (TPSA) is 99.0 Å². The number of rotatable bonds is 2. The first-order valence-corrected chi connectivity index (χ1v) is 4.44. The first-order chi connectivity index (χ1) is 6.54. The van der Waals surface area contributed by atoms with Crippen LogP contribution in [0.2, 0.25) is 0 Å². The van der Waals surface area contributed by atoms with Crippen molar-refractivity contribution in [2.24, 2.45) is 0 Å². The lowest BCUT2D eigenvalue weighted by molar-refractivity contribution is -0.221. The Morgan fingerprint density at radius 2 is 2.21 bits per heavy atom. The first-order valence-electron chi connectivity index (χ1n) is 4.44. The van der Waals surface area contributed by atoms with E-state index in [1.54, 1.807) is 0 Å². The van der Waals surface area contributed by atoms with Gasteiger partial charge >= 0.3 is 0 Å². The summed E-state index contributed by atoms with van der Waals surface area (Å²) >= 11 is 0. The Bertz CT molecular complexity index is 210. The molecule has 1 unspecified atom stereocenters. The Morgan fingerprint density at radius 1 is 1.57 bits per heavy atom. The minimum Gasteiger partial charge on any atom is -0.394 e. The summed E-state index contributed by atoms with van der Waals surface area (Å²) in [6.45, 7) is 0.961. The van der Waals surface area contributed by atoms with Gasteiger partial charge in [0.15, 0.2) is 6.29 Å². The van der Waals surface area contributed by atoms with Gasteiger partial charge in [0, 0.05) is 13.3 Å². The van der Waals surface area contributed by atoms with Gasteiger partial charge in [-0.2, -0.15) is 0 Å². The number of nitrogens with one attached hydrogen (secondary N) is 1. The van der Waals surface area contributed by atoms with Crippen LogP contribution in [0, 0.1) is 0 Å². The lowest BCUT2D eigenvalue weighted by atomic mass is 10.0. The molecule has 1 saturated heterocycles. The van der Waals surface area contributed by atoms with Crippen LogP contribution in [0.5, 0.6) is 0 Å². The number of hydrogen-bond donors (Lipinski definition) is 4. The van der Waals surface area contributed by atoms with Crippen LogP contribution < -0.4 is 5.32 Å². The Kier molecular flexibility index (Phi) is 3.82. The van der Waals surface area contributed by atoms with Crippen molar-refractivity contribution in [2.75, 3.05) is 6.61 Å². The monoisotopic (exact) mass is 205 g/mol. The maximum atomic E-state index is 10.7. The second-order valence-corrected chi connectivity index (χ2v) is 3.36. The number of amides is 1. The molecule has 1 aliphatic rings. The zero-order chi connectivity index (χ0) is 10.7. The summed E-state index contributed by atoms with van der Waals surface area (Å²) in [4.78, 5) is 10.7. The van der Waals surface area contributed by atoms with Crippen molar-refractivity contribution in [1.82, 2.24) is 5.32 Å². The molecule has 1 amide bonds. The molecule has 0 saturated carbocycles. The number of hydrogen-bond acceptors (Lipinski definition) is 5. The smallest absolute Gasteiger partial charge is 0.217 e. The number of ether oxygens (including phenoxy) is 1. The summed E-state index contributed by atoms with van der Waals surface area (Å²) < 4.78 is 4.90. The second kappa shape index (κ2) is 4.70. The molecule has 0 spiro atoms. The normalized spacial score (nSPS) is 38.0. The standard InChI is InChI=1S/C8H15NO5/c1-4(11)9-5-2-6(12)7(3-10)14-8(5)13/h5-8,10,12-13H,2-3H2,1H3,(H,9,11)/t5-,6-,7-,8?/m1/s1. The fraction of sp³-hybridized carbons (Fsp3) is 0.875. The van der Waals surface area contributed by atoms with E-state index in [1.807, 2.05) is 0 Å². The summed E-state index contributed by atoms with van der Waals surface area (Å²) in [5.41, 5.74) is 0. The Balaban J connectivity index is 2.52. The maximum absolute atomic E-state index is 10.7. The summed E-state index contributed by atoms with van der Waals surface area (Å²) in [6.07, 6.45) is -2.67. The van der Waals surface area contributed by atoms with Crippen LogP contribution in [0.25, 0.3) is 0 Å². The van der Waals surface area contributed by atoms with Crippen molar-refractivity contribution < 1.29 is 24.9 Å². The third kappa shape index (κ3) is 2.65. The molecular formula is C8H15NO5. The molecule has 4 atom stereocenters. The van der Waals surface area contributed by atoms with Crippen molar-refractivity contribution in [3.05, 3.63) is 0 Å². The molecule has 4 N–H and O–H groups in total. The molecule has 1 heterocycles. The molecule has 0 aromatic rings. The van der Waals surface area contributed by atoms with Gasteiger partial charge < -0.3 is 25.4 Å². The summed E-state index contributed by atoms with van der Waals surface area (Å²) in [6, 6.07) is -0.620. The Labute approximate surface area is 81.5 Å². The van der Waals surface area contributed by atoms with E-state index >= 15 is 0 Å². The molecule has 1 fully saturated rings. The lowest BCUT2D eigenvalue weighted by Crippen LogP contribution is -2.55. The number of aliphatic hydroxyl groups is 3. The van der Waals surface area contributed by atoms with Crippen molar-refractivity contribution >= 4 is 5.91 Å². The van der Waals surface area contributed by atoms with E-state index in [4.69, 9.17) is 9.84 Å². The van der Waals surface area contributed by atoms with Gasteiger partial charge in [0.05, 0.1) is 18.8 Å². The van der Waals surface area contributed by atoms with Crippen LogP contribution in [0.1, 0.15) is 13.3 Å². The zero-order valence-corrected chi connectivity index (χ0v) is 7.88. The molecule has 6 nitrogen and oxygen atoms in total. The molecular weight excluding hydrogens is 190 g/mol. The van der Waals surface area contributed by atoms with Gasteiger partial charge in [0.1, 0.15) is 6.10 Å². The van der Waals surface area contributed by atoms with Gasteiger partial charge in [-0.15, -0.1) is 0 Å². The lowest BCUT2D eigenvalue weighted by Gasteiger charge is -2.36. The van der Waals surface area contributed by atoms with Crippen LogP contribution in [0.4, 0.5) is 0 Å². The van der Waals surface area contributed by atoms with Crippen molar-refractivity contribution in [3.63, 3.8) is 0 Å². The quantitative estimate of drug-likeness (QED) is 0.416. The molecule has 0 aliphatic carbocycles. The Hall–Kier alpha value is -0.690. The highest BCUT2D eigenvalue weighted by Crippen LogP contribution is 2.18. The highest BCUT2D eigenvalue weighted by Gasteiger charge is 2.36. The molecule has 0 radical (unpaired) electrons. The van der Waals surface area contributed by atoms with Gasteiger partial charge in [-0.05, 0) is 0 Å². The van der Waals surface area contributed by atoms with E-state index in [-0.39, 0.29) is 18.9 Å². The van der Waals surface area contributed by atoms with E-state index in [1.165, 1.54) is 6.92 Å². The fourth-order valence-corrected chi connectivity index (χ4v) is 1.45. The van der Waals surface area contributed by atoms with Crippen LogP contribution in [0.3, 0.4) is 0 Å². The van der Waals surface area contributed by atoms with E-state index in [9.17, 15) is 15.0 Å². The third-order valence-corrected chi connectivity index (χ3v) is 2.15. The predicted octanol–water partition coefficient (Wildman–Crippen LogP) is -2.05. The summed E-state index contributed by atoms with van der Waals surface area (Å²) in [5, 5.41) is 30.0. The second-order valence-electron chi connectivity index (χ2n) is 3.36. The van der Waals surface area contributed by atoms with Crippen molar-refractivity contribution in [2.45, 2.75) is 37.9 Å². The number of aliphatic hydroxyl groups excluding tert-OH is 3. The average Bonchev–Trinajstić information content (AvgIpc) is 2.10. The zero-order valence-electron chi connectivity index (χ0n) is 7.88. The molecule has 0 aromatic carbocycles. The van der Waals surface area contributed by atoms with Gasteiger partial charge in [0.25, 0.3) is 0 Å². The Morgan fingerprint density at radius 3 is 2.71 bits per heavy atom. The van der Waals surface area contributed by atoms with E-state index < -0.39 is 24.5 Å². The van der Waals surface area contributed by atoms with E-state index in [2.05, 4.69) is 5.32 Å². The molecule has 6 heteroatoms. The SMILES string of the molecule is CC(=O)N[C@@H]1C[C@@H](O)[C@@H](CO)OC1O. The predicted molar refractivity (Wildman–Crippen MR) is 46.2 cm³/mol. The van der Waals surface area contributed by atoms with Gasteiger partial charge in [-0.1, -0.05) is 0 Å². The van der Waals surface area contributed by atoms with Crippen LogP contribution in [-0.4, -0.2) is 52.4 Å². The van der Waals surface area contributed by atoms with Crippen LogP contribution in [-0.2, 0) is 9.53 Å². The van der Waals surface area contributed by atoms with Gasteiger partial charge in [-0.3, -0.25) is 4.79 Å². The molecule has 1 rings (SSSR count). The maximum Gasteiger partial charge on any atom is 0.217 e. The van der Waals surface area contributed by atoms with E-state index in [0.29, 0.717) is 0 Å². The highest BCUT2D eigenvalue weighted by molar-refractivity contribution is 5.73. The molecule has 0 aromatic heterocycles. The molecule has 0 bridgehead atoms. The average molecular weight is 205 g/mol. The van der Waals surface area contributed by atoms with Gasteiger partial charge in [-0.25, -0.2) is 0 Å². The van der Waals surface area contributed by atoms with Gasteiger partial charge in [0.2, 0.25) is 5.91 Å². The first kappa shape index (κ1) is 11.4. The number of carbonyl (C=O) groups excluding carboxylic acids is 1. The molecule has 82 valence electrons. The minimum absolute atomic E-state index is 0.173. The molecule has 1 aliphatic heterocycles. The fourth-order valence-electron chi connectivity index (χ4n) is 1.45.